The minimum absolute atomic E-state index is 0.250. The second kappa shape index (κ2) is 10.9. The summed E-state index contributed by atoms with van der Waals surface area (Å²) in [5, 5.41) is 17.6. The Balaban J connectivity index is 0.000000377. The molecule has 35 heavy (non-hydrogen) atoms. The van der Waals surface area contributed by atoms with Gasteiger partial charge < -0.3 is 19.4 Å². The summed E-state index contributed by atoms with van der Waals surface area (Å²) in [6.45, 7) is 12.4. The Morgan fingerprint density at radius 1 is 1.14 bits per heavy atom. The SMILES string of the molecule is CC(C)(C)O.CCc1c(-c2ccc3c(c2)CCCO3)c(C)c2c(ncc3ccoc32)c1C.O=CO. The van der Waals surface area contributed by atoms with Gasteiger partial charge in [0.05, 0.1) is 24.0 Å². The lowest BCUT2D eigenvalue weighted by Gasteiger charge is -2.21. The van der Waals surface area contributed by atoms with Crippen LogP contribution in [0.3, 0.4) is 0 Å². The normalized spacial score (nSPS) is 12.7. The van der Waals surface area contributed by atoms with E-state index in [0.717, 1.165) is 53.5 Å². The van der Waals surface area contributed by atoms with E-state index in [9.17, 15) is 0 Å². The van der Waals surface area contributed by atoms with E-state index >= 15 is 0 Å². The first kappa shape index (κ1) is 26.2. The summed E-state index contributed by atoms with van der Waals surface area (Å²) in [7, 11) is 0. The van der Waals surface area contributed by atoms with Crippen LogP contribution in [0, 0.1) is 13.8 Å². The fourth-order valence-electron chi connectivity index (χ4n) is 4.59. The highest BCUT2D eigenvalue weighted by atomic mass is 16.5. The molecule has 0 bridgehead atoms. The lowest BCUT2D eigenvalue weighted by atomic mass is 9.86. The van der Waals surface area contributed by atoms with Gasteiger partial charge in [-0.05, 0) is 105 Å². The smallest absolute Gasteiger partial charge is 0.290 e. The van der Waals surface area contributed by atoms with E-state index in [4.69, 9.17) is 29.1 Å². The Labute approximate surface area is 206 Å². The third-order valence-corrected chi connectivity index (χ3v) is 5.90. The molecule has 0 radical (unpaired) electrons. The van der Waals surface area contributed by atoms with Crippen molar-refractivity contribution in [3.05, 3.63) is 59.0 Å². The largest absolute Gasteiger partial charge is 0.493 e. The number of aromatic nitrogens is 1. The number of carboxylic acid groups (broad SMARTS) is 1. The zero-order chi connectivity index (χ0) is 25.8. The number of furan rings is 1. The van der Waals surface area contributed by atoms with Crippen molar-refractivity contribution in [2.45, 2.75) is 66.4 Å². The van der Waals surface area contributed by atoms with Crippen LogP contribution in [0.25, 0.3) is 33.0 Å². The van der Waals surface area contributed by atoms with Gasteiger partial charge in [-0.1, -0.05) is 13.0 Å². The number of hydrogen-bond donors (Lipinski definition) is 2. The predicted molar refractivity (Wildman–Crippen MR) is 140 cm³/mol. The number of hydrogen-bond acceptors (Lipinski definition) is 5. The standard InChI is InChI=1S/C24H23NO2.C4H10O.CH2O2/c1-4-19-14(2)23-22(24-18(13-25-23)9-11-27-24)15(3)21(19)17-7-8-20-16(12-17)6-5-10-26-20;1-4(2,3)5;2-1-3/h7-9,11-13H,4-6,10H2,1-3H3;5H,1-3H3;1H,(H,2,3). The van der Waals surface area contributed by atoms with Crippen molar-refractivity contribution in [2.24, 2.45) is 0 Å². The van der Waals surface area contributed by atoms with Gasteiger partial charge in [0, 0.05) is 17.0 Å². The molecule has 4 aromatic rings. The van der Waals surface area contributed by atoms with Crippen LogP contribution in [0.1, 0.15) is 56.4 Å². The van der Waals surface area contributed by atoms with Gasteiger partial charge in [0.2, 0.25) is 0 Å². The Morgan fingerprint density at radius 2 is 1.83 bits per heavy atom. The van der Waals surface area contributed by atoms with Crippen molar-refractivity contribution in [1.82, 2.24) is 4.98 Å². The highest BCUT2D eigenvalue weighted by Crippen LogP contribution is 2.40. The number of fused-ring (bicyclic) bond motifs is 4. The summed E-state index contributed by atoms with van der Waals surface area (Å²) in [5.41, 5.74) is 9.26. The predicted octanol–water partition coefficient (Wildman–Crippen LogP) is 6.63. The molecule has 5 rings (SSSR count). The van der Waals surface area contributed by atoms with Crippen molar-refractivity contribution >= 4 is 28.3 Å². The average Bonchev–Trinajstić information content (AvgIpc) is 3.29. The molecule has 3 heterocycles. The van der Waals surface area contributed by atoms with Gasteiger partial charge in [-0.3, -0.25) is 9.78 Å². The number of aliphatic hydroxyl groups is 1. The van der Waals surface area contributed by atoms with Gasteiger partial charge in [-0.15, -0.1) is 0 Å². The van der Waals surface area contributed by atoms with Crippen molar-refractivity contribution < 1.29 is 24.2 Å². The van der Waals surface area contributed by atoms with Crippen molar-refractivity contribution in [1.29, 1.82) is 0 Å². The van der Waals surface area contributed by atoms with Crippen molar-refractivity contribution in [3.63, 3.8) is 0 Å². The topological polar surface area (TPSA) is 92.8 Å². The van der Waals surface area contributed by atoms with E-state index in [1.807, 2.05) is 12.3 Å². The molecule has 6 nitrogen and oxygen atoms in total. The number of benzene rings is 2. The molecule has 1 aliphatic heterocycles. The highest BCUT2D eigenvalue weighted by molar-refractivity contribution is 6.08. The summed E-state index contributed by atoms with van der Waals surface area (Å²) >= 11 is 0. The maximum absolute atomic E-state index is 8.52. The van der Waals surface area contributed by atoms with E-state index in [1.54, 1.807) is 27.0 Å². The van der Waals surface area contributed by atoms with E-state index in [2.05, 4.69) is 39.0 Å². The Kier molecular flexibility index (Phi) is 8.18. The van der Waals surface area contributed by atoms with Crippen molar-refractivity contribution in [2.75, 3.05) is 6.61 Å². The molecule has 0 amide bonds. The molecule has 0 saturated carbocycles. The number of carbonyl (C=O) groups is 1. The Morgan fingerprint density at radius 3 is 2.49 bits per heavy atom. The average molecular weight is 478 g/mol. The first-order chi connectivity index (χ1) is 16.6. The van der Waals surface area contributed by atoms with Gasteiger partial charge in [-0.2, -0.15) is 0 Å². The highest BCUT2D eigenvalue weighted by Gasteiger charge is 2.20. The fraction of sp³-hybridized carbons (Fsp3) is 0.379. The van der Waals surface area contributed by atoms with Crippen LogP contribution in [0.15, 0.2) is 41.1 Å². The number of rotatable bonds is 2. The molecule has 0 saturated heterocycles. The first-order valence-electron chi connectivity index (χ1n) is 11.9. The number of aryl methyl sites for hydroxylation is 3. The number of nitrogens with zero attached hydrogens (tertiary/aromatic N) is 1. The zero-order valence-corrected chi connectivity index (χ0v) is 21.4. The number of pyridine rings is 1. The lowest BCUT2D eigenvalue weighted by molar-refractivity contribution is -0.122. The summed E-state index contributed by atoms with van der Waals surface area (Å²) < 4.78 is 11.7. The van der Waals surface area contributed by atoms with E-state index < -0.39 is 5.60 Å². The molecule has 186 valence electrons. The molecular formula is C29H35NO5. The van der Waals surface area contributed by atoms with E-state index in [1.165, 1.54) is 33.4 Å². The maximum atomic E-state index is 8.52. The Hall–Kier alpha value is -3.38. The monoisotopic (exact) mass is 477 g/mol. The van der Waals surface area contributed by atoms with E-state index in [0.29, 0.717) is 0 Å². The molecule has 6 heteroatoms. The van der Waals surface area contributed by atoms with Crippen LogP contribution < -0.4 is 4.74 Å². The molecule has 1 aliphatic rings. The van der Waals surface area contributed by atoms with Gasteiger partial charge >= 0.3 is 0 Å². The molecule has 2 N–H and O–H groups in total. The number of ether oxygens (including phenoxy) is 1. The summed E-state index contributed by atoms with van der Waals surface area (Å²) in [6.07, 6.45) is 6.82. The first-order valence-corrected chi connectivity index (χ1v) is 11.9. The van der Waals surface area contributed by atoms with Crippen LogP contribution in [0.2, 0.25) is 0 Å². The maximum Gasteiger partial charge on any atom is 0.290 e. The lowest BCUT2D eigenvalue weighted by Crippen LogP contribution is -2.10. The quantitative estimate of drug-likeness (QED) is 0.315. The summed E-state index contributed by atoms with van der Waals surface area (Å²) in [4.78, 5) is 13.1. The third kappa shape index (κ3) is 5.82. The van der Waals surface area contributed by atoms with Crippen LogP contribution in [-0.2, 0) is 17.6 Å². The molecule has 0 aliphatic carbocycles. The second-order valence-corrected chi connectivity index (χ2v) is 9.69. The molecule has 2 aromatic heterocycles. The van der Waals surface area contributed by atoms with Crippen LogP contribution >= 0.6 is 0 Å². The van der Waals surface area contributed by atoms with Gasteiger partial charge in [0.25, 0.3) is 6.47 Å². The molecule has 0 spiro atoms. The molecule has 0 atom stereocenters. The van der Waals surface area contributed by atoms with Crippen molar-refractivity contribution in [3.8, 4) is 16.9 Å². The molecular weight excluding hydrogens is 442 g/mol. The third-order valence-electron chi connectivity index (χ3n) is 5.90. The minimum atomic E-state index is -0.500. The summed E-state index contributed by atoms with van der Waals surface area (Å²) in [6, 6.07) is 8.64. The fourth-order valence-corrected chi connectivity index (χ4v) is 4.59. The van der Waals surface area contributed by atoms with E-state index in [-0.39, 0.29) is 6.47 Å². The van der Waals surface area contributed by atoms with Crippen LogP contribution in [0.4, 0.5) is 0 Å². The minimum Gasteiger partial charge on any atom is -0.493 e. The zero-order valence-electron chi connectivity index (χ0n) is 21.4. The molecule has 0 unspecified atom stereocenters. The van der Waals surface area contributed by atoms with Gasteiger partial charge in [0.1, 0.15) is 11.3 Å². The second-order valence-electron chi connectivity index (χ2n) is 9.69. The molecule has 2 aromatic carbocycles. The summed E-state index contributed by atoms with van der Waals surface area (Å²) in [5.74, 6) is 1.04. The van der Waals surface area contributed by atoms with Gasteiger partial charge in [-0.25, -0.2) is 0 Å². The van der Waals surface area contributed by atoms with Gasteiger partial charge in [0.15, 0.2) is 0 Å². The van der Waals surface area contributed by atoms with Crippen LogP contribution in [0.5, 0.6) is 5.75 Å². The molecule has 0 fully saturated rings. The van der Waals surface area contributed by atoms with Crippen LogP contribution in [-0.4, -0.2) is 33.9 Å². The Bertz CT molecular complexity index is 1320.